The van der Waals surface area contributed by atoms with Crippen LogP contribution in [0.25, 0.3) is 0 Å². The molecular formula is C49H88NO7+. The lowest BCUT2D eigenvalue weighted by atomic mass is 10.0. The fourth-order valence-electron chi connectivity index (χ4n) is 6.64. The molecule has 0 amide bonds. The molecule has 330 valence electrons. The van der Waals surface area contributed by atoms with E-state index in [0.29, 0.717) is 19.3 Å². The molecule has 0 aliphatic heterocycles. The molecule has 0 aromatic heterocycles. The summed E-state index contributed by atoms with van der Waals surface area (Å²) in [7, 11) is 5.51. The minimum Gasteiger partial charge on any atom is -0.477 e. The summed E-state index contributed by atoms with van der Waals surface area (Å²) in [5, 5.41) is 9.62. The summed E-state index contributed by atoms with van der Waals surface area (Å²) in [5.41, 5.74) is 0. The Morgan fingerprint density at radius 3 is 1.53 bits per heavy atom. The average Bonchev–Trinajstić information content (AvgIpc) is 3.17. The number of esters is 2. The maximum atomic E-state index is 12.7. The molecule has 2 unspecified atom stereocenters. The third kappa shape index (κ3) is 38.6. The first kappa shape index (κ1) is 54.3. The van der Waals surface area contributed by atoms with Gasteiger partial charge in [0, 0.05) is 19.3 Å². The fraction of sp³-hybridized carbons (Fsp3) is 0.776. The standard InChI is InChI=1S/C49H87NO7/c1-6-8-10-12-14-16-18-19-20-21-22-23-24-25-26-27-28-30-32-34-36-38-40-48(52)57-45(43-55-42-41-46(49(53)54)50(3,4)5)44-56-47(51)39-37-35-33-31-29-17-15-13-11-9-7-2/h9,11,15,17,24-25,31,33,45-46H,6-8,10,12-14,16,18-23,26-30,32,34-44H2,1-5H3/p+1/b11-9+,17-15+,25-24+,33-31+. The highest BCUT2D eigenvalue weighted by molar-refractivity contribution is 5.72. The number of allylic oxidation sites excluding steroid dienone is 8. The SMILES string of the molecule is CC/C=C/C/C=C/C/C=C/CCCC(=O)OCC(COCCC(C(=O)O)[N+](C)(C)C)OC(=O)CCCCCCCCC/C=C/CCCCCCCCCCCCC. The third-order valence-corrected chi connectivity index (χ3v) is 10.2. The number of unbranched alkanes of at least 4 members (excludes halogenated alkanes) is 19. The van der Waals surface area contributed by atoms with Crippen molar-refractivity contribution in [3.05, 3.63) is 48.6 Å². The van der Waals surface area contributed by atoms with Crippen LogP contribution in [0.3, 0.4) is 0 Å². The van der Waals surface area contributed by atoms with Crippen molar-refractivity contribution in [3.63, 3.8) is 0 Å². The Bertz CT molecular complexity index is 1070. The quantitative estimate of drug-likeness (QED) is 0.0284. The van der Waals surface area contributed by atoms with E-state index >= 15 is 0 Å². The fourth-order valence-corrected chi connectivity index (χ4v) is 6.64. The van der Waals surface area contributed by atoms with Gasteiger partial charge in [0.2, 0.25) is 0 Å². The number of quaternary nitrogens is 1. The first-order valence-electron chi connectivity index (χ1n) is 23.2. The number of nitrogens with zero attached hydrogens (tertiary/aromatic N) is 1. The molecule has 57 heavy (non-hydrogen) atoms. The first-order chi connectivity index (χ1) is 27.6. The van der Waals surface area contributed by atoms with E-state index in [4.69, 9.17) is 14.2 Å². The van der Waals surface area contributed by atoms with E-state index < -0.39 is 18.1 Å². The Balaban J connectivity index is 4.27. The van der Waals surface area contributed by atoms with E-state index in [1.165, 1.54) is 109 Å². The number of carboxylic acid groups (broad SMARTS) is 1. The molecule has 0 aromatic carbocycles. The lowest BCUT2D eigenvalue weighted by Crippen LogP contribution is -2.50. The summed E-state index contributed by atoms with van der Waals surface area (Å²) >= 11 is 0. The summed E-state index contributed by atoms with van der Waals surface area (Å²) in [5.74, 6) is -1.54. The van der Waals surface area contributed by atoms with Crippen LogP contribution in [0, 0.1) is 0 Å². The van der Waals surface area contributed by atoms with Crippen molar-refractivity contribution in [2.45, 2.75) is 206 Å². The molecule has 0 radical (unpaired) electrons. The van der Waals surface area contributed by atoms with E-state index in [1.54, 1.807) is 0 Å². The zero-order valence-electron chi connectivity index (χ0n) is 37.5. The number of ether oxygens (including phenoxy) is 3. The third-order valence-electron chi connectivity index (χ3n) is 10.2. The Hall–Kier alpha value is -2.71. The van der Waals surface area contributed by atoms with Gasteiger partial charge in [0.05, 0.1) is 34.4 Å². The van der Waals surface area contributed by atoms with Gasteiger partial charge in [0.1, 0.15) is 6.61 Å². The number of aliphatic carboxylic acids is 1. The monoisotopic (exact) mass is 803 g/mol. The molecule has 0 aliphatic rings. The Labute approximate surface area is 350 Å². The van der Waals surface area contributed by atoms with Gasteiger partial charge in [-0.15, -0.1) is 0 Å². The number of carboxylic acids is 1. The second-order valence-electron chi connectivity index (χ2n) is 16.6. The van der Waals surface area contributed by atoms with Crippen LogP contribution in [-0.4, -0.2) is 80.6 Å². The second kappa shape index (κ2) is 40.1. The zero-order valence-corrected chi connectivity index (χ0v) is 37.5. The summed E-state index contributed by atoms with van der Waals surface area (Å²) in [4.78, 5) is 36.9. The second-order valence-corrected chi connectivity index (χ2v) is 16.6. The van der Waals surface area contributed by atoms with E-state index in [1.807, 2.05) is 21.1 Å². The van der Waals surface area contributed by atoms with Crippen molar-refractivity contribution in [3.8, 4) is 0 Å². The van der Waals surface area contributed by atoms with Gasteiger partial charge in [0.25, 0.3) is 0 Å². The van der Waals surface area contributed by atoms with Gasteiger partial charge in [-0.25, -0.2) is 4.79 Å². The van der Waals surface area contributed by atoms with Crippen LogP contribution in [0.2, 0.25) is 0 Å². The van der Waals surface area contributed by atoms with Crippen LogP contribution in [-0.2, 0) is 28.6 Å². The summed E-state index contributed by atoms with van der Waals surface area (Å²) in [6, 6.07) is -0.623. The van der Waals surface area contributed by atoms with Crippen LogP contribution in [0.15, 0.2) is 48.6 Å². The minimum absolute atomic E-state index is 0.0432. The first-order valence-corrected chi connectivity index (χ1v) is 23.2. The number of carbonyl (C=O) groups is 3. The lowest BCUT2D eigenvalue weighted by molar-refractivity contribution is -0.887. The highest BCUT2D eigenvalue weighted by atomic mass is 16.6. The number of hydrogen-bond acceptors (Lipinski definition) is 6. The normalized spacial score (nSPS) is 13.4. The molecular weight excluding hydrogens is 715 g/mol. The van der Waals surface area contributed by atoms with Gasteiger partial charge < -0.3 is 23.8 Å². The van der Waals surface area contributed by atoms with Crippen molar-refractivity contribution in [2.75, 3.05) is 41.0 Å². The van der Waals surface area contributed by atoms with Gasteiger partial charge in [-0.3, -0.25) is 9.59 Å². The van der Waals surface area contributed by atoms with Crippen LogP contribution in [0.1, 0.15) is 194 Å². The van der Waals surface area contributed by atoms with Crippen molar-refractivity contribution >= 4 is 17.9 Å². The number of carbonyl (C=O) groups excluding carboxylic acids is 2. The highest BCUT2D eigenvalue weighted by Crippen LogP contribution is 2.14. The van der Waals surface area contributed by atoms with Gasteiger partial charge >= 0.3 is 17.9 Å². The Morgan fingerprint density at radius 1 is 0.544 bits per heavy atom. The molecule has 0 heterocycles. The molecule has 2 atom stereocenters. The number of rotatable bonds is 41. The van der Waals surface area contributed by atoms with Gasteiger partial charge in [-0.2, -0.15) is 0 Å². The molecule has 0 spiro atoms. The molecule has 1 N–H and O–H groups in total. The van der Waals surface area contributed by atoms with E-state index in [0.717, 1.165) is 44.9 Å². The predicted octanol–water partition coefficient (Wildman–Crippen LogP) is 12.8. The largest absolute Gasteiger partial charge is 0.477 e. The van der Waals surface area contributed by atoms with E-state index in [9.17, 15) is 19.5 Å². The molecule has 0 saturated carbocycles. The molecule has 0 aliphatic carbocycles. The van der Waals surface area contributed by atoms with Gasteiger partial charge in [-0.1, -0.05) is 159 Å². The highest BCUT2D eigenvalue weighted by Gasteiger charge is 2.31. The molecule has 0 fully saturated rings. The Kier molecular flexibility index (Phi) is 38.2. The molecule has 0 aromatic rings. The predicted molar refractivity (Wildman–Crippen MR) is 238 cm³/mol. The van der Waals surface area contributed by atoms with Gasteiger partial charge in [-0.05, 0) is 64.2 Å². The topological polar surface area (TPSA) is 99.1 Å². The number of hydrogen-bond donors (Lipinski definition) is 1. The van der Waals surface area contributed by atoms with E-state index in [2.05, 4.69) is 62.5 Å². The molecule has 0 rings (SSSR count). The minimum atomic E-state index is -0.883. The van der Waals surface area contributed by atoms with Crippen LogP contribution < -0.4 is 0 Å². The Morgan fingerprint density at radius 2 is 1.00 bits per heavy atom. The van der Waals surface area contributed by atoms with Gasteiger partial charge in [0.15, 0.2) is 12.1 Å². The molecule has 8 heteroatoms. The van der Waals surface area contributed by atoms with E-state index in [-0.39, 0.29) is 42.7 Å². The molecule has 0 bridgehead atoms. The maximum Gasteiger partial charge on any atom is 0.362 e. The summed E-state index contributed by atoms with van der Waals surface area (Å²) in [6.07, 6.45) is 47.5. The number of likely N-dealkylation sites (N-methyl/N-ethyl adjacent to an activating group) is 1. The zero-order chi connectivity index (χ0) is 42.1. The average molecular weight is 803 g/mol. The summed E-state index contributed by atoms with van der Waals surface area (Å²) < 4.78 is 17.2. The van der Waals surface area contributed by atoms with Crippen LogP contribution >= 0.6 is 0 Å². The van der Waals surface area contributed by atoms with Crippen LogP contribution in [0.5, 0.6) is 0 Å². The van der Waals surface area contributed by atoms with Crippen molar-refractivity contribution in [1.29, 1.82) is 0 Å². The molecule has 0 saturated heterocycles. The molecule has 8 nitrogen and oxygen atoms in total. The maximum absolute atomic E-state index is 12.7. The smallest absolute Gasteiger partial charge is 0.362 e. The van der Waals surface area contributed by atoms with Crippen molar-refractivity contribution in [1.82, 2.24) is 0 Å². The van der Waals surface area contributed by atoms with Crippen molar-refractivity contribution in [2.24, 2.45) is 0 Å². The van der Waals surface area contributed by atoms with Crippen molar-refractivity contribution < 1.29 is 38.2 Å². The lowest BCUT2D eigenvalue weighted by Gasteiger charge is -2.31. The summed E-state index contributed by atoms with van der Waals surface area (Å²) in [6.45, 7) is 4.56. The van der Waals surface area contributed by atoms with Crippen LogP contribution in [0.4, 0.5) is 0 Å².